The lowest BCUT2D eigenvalue weighted by molar-refractivity contribution is 0.0603. The van der Waals surface area contributed by atoms with Gasteiger partial charge in [-0.15, -0.1) is 0 Å². The van der Waals surface area contributed by atoms with E-state index in [0.717, 1.165) is 16.2 Å². The normalized spacial score (nSPS) is 10.8. The van der Waals surface area contributed by atoms with Crippen molar-refractivity contribution in [2.75, 3.05) is 7.11 Å². The van der Waals surface area contributed by atoms with E-state index in [-0.39, 0.29) is 5.97 Å². The molecule has 94 valence electrons. The molecule has 0 radical (unpaired) electrons. The lowest BCUT2D eigenvalue weighted by atomic mass is 9.96. The van der Waals surface area contributed by atoms with Crippen LogP contribution in [0.3, 0.4) is 0 Å². The van der Waals surface area contributed by atoms with Crippen LogP contribution < -0.4 is 0 Å². The largest absolute Gasteiger partial charge is 0.465 e. The SMILES string of the molecule is COC(=O)c1cc2ccc(C)cc2c2ccccc12. The summed E-state index contributed by atoms with van der Waals surface area (Å²) < 4.78 is 4.88. The number of hydrogen-bond acceptors (Lipinski definition) is 2. The van der Waals surface area contributed by atoms with Crippen LogP contribution in [0.4, 0.5) is 0 Å². The molecule has 0 heterocycles. The maximum absolute atomic E-state index is 11.9. The molecule has 0 N–H and O–H groups in total. The van der Waals surface area contributed by atoms with Crippen molar-refractivity contribution < 1.29 is 9.53 Å². The number of carbonyl (C=O) groups is 1. The second kappa shape index (κ2) is 4.39. The average molecular weight is 250 g/mol. The van der Waals surface area contributed by atoms with Crippen molar-refractivity contribution in [3.05, 3.63) is 59.7 Å². The van der Waals surface area contributed by atoms with Gasteiger partial charge in [0.2, 0.25) is 0 Å². The molecule has 3 aromatic carbocycles. The van der Waals surface area contributed by atoms with Crippen LogP contribution >= 0.6 is 0 Å². The predicted molar refractivity (Wildman–Crippen MR) is 77.5 cm³/mol. The molecule has 3 rings (SSSR count). The van der Waals surface area contributed by atoms with E-state index in [0.29, 0.717) is 5.56 Å². The second-order valence-corrected chi connectivity index (χ2v) is 4.69. The summed E-state index contributed by atoms with van der Waals surface area (Å²) >= 11 is 0. The lowest BCUT2D eigenvalue weighted by Gasteiger charge is -2.09. The fourth-order valence-corrected chi connectivity index (χ4v) is 2.49. The Bertz CT molecular complexity index is 788. The Morgan fingerprint density at radius 1 is 0.947 bits per heavy atom. The number of aryl methyl sites for hydroxylation is 1. The molecule has 0 aliphatic heterocycles. The van der Waals surface area contributed by atoms with Gasteiger partial charge in [-0.05, 0) is 34.5 Å². The number of carbonyl (C=O) groups excluding carboxylic acids is 1. The highest BCUT2D eigenvalue weighted by atomic mass is 16.5. The first-order valence-electron chi connectivity index (χ1n) is 6.21. The van der Waals surface area contributed by atoms with E-state index in [1.165, 1.54) is 18.1 Å². The van der Waals surface area contributed by atoms with E-state index in [1.54, 1.807) is 0 Å². The van der Waals surface area contributed by atoms with Gasteiger partial charge in [-0.1, -0.05) is 48.0 Å². The molecule has 2 heteroatoms. The Morgan fingerprint density at radius 3 is 2.42 bits per heavy atom. The van der Waals surface area contributed by atoms with E-state index >= 15 is 0 Å². The summed E-state index contributed by atoms with van der Waals surface area (Å²) in [5.41, 5.74) is 1.83. The summed E-state index contributed by atoms with van der Waals surface area (Å²) in [4.78, 5) is 11.9. The van der Waals surface area contributed by atoms with Crippen LogP contribution in [0.15, 0.2) is 48.5 Å². The van der Waals surface area contributed by atoms with Crippen molar-refractivity contribution in [3.63, 3.8) is 0 Å². The molecule has 0 fully saturated rings. The maximum Gasteiger partial charge on any atom is 0.338 e. The third-order valence-electron chi connectivity index (χ3n) is 3.42. The Hall–Kier alpha value is -2.35. The van der Waals surface area contributed by atoms with Crippen LogP contribution in [0, 0.1) is 6.92 Å². The Kier molecular flexibility index (Phi) is 2.71. The van der Waals surface area contributed by atoms with Crippen LogP contribution in [0.5, 0.6) is 0 Å². The van der Waals surface area contributed by atoms with E-state index in [4.69, 9.17) is 4.74 Å². The van der Waals surface area contributed by atoms with Crippen LogP contribution in [0.1, 0.15) is 15.9 Å². The second-order valence-electron chi connectivity index (χ2n) is 4.69. The van der Waals surface area contributed by atoms with Gasteiger partial charge in [0.15, 0.2) is 0 Å². The standard InChI is InChI=1S/C17H14O2/c1-11-7-8-12-10-16(17(18)19-2)14-6-4-3-5-13(14)15(12)9-11/h3-10H,1-2H3. The molecule has 0 saturated heterocycles. The zero-order valence-corrected chi connectivity index (χ0v) is 10.9. The van der Waals surface area contributed by atoms with Crippen LogP contribution in [-0.4, -0.2) is 13.1 Å². The number of esters is 1. The van der Waals surface area contributed by atoms with Gasteiger partial charge in [0.25, 0.3) is 0 Å². The van der Waals surface area contributed by atoms with Crippen molar-refractivity contribution in [3.8, 4) is 0 Å². The Balaban J connectivity index is 2.50. The molecule has 0 aliphatic rings. The van der Waals surface area contributed by atoms with Gasteiger partial charge in [-0.25, -0.2) is 4.79 Å². The van der Waals surface area contributed by atoms with Gasteiger partial charge in [-0.3, -0.25) is 0 Å². The first-order chi connectivity index (χ1) is 9.20. The van der Waals surface area contributed by atoms with Crippen molar-refractivity contribution >= 4 is 27.5 Å². The fourth-order valence-electron chi connectivity index (χ4n) is 2.49. The molecule has 0 saturated carbocycles. The number of benzene rings is 3. The van der Waals surface area contributed by atoms with E-state index < -0.39 is 0 Å². The van der Waals surface area contributed by atoms with Gasteiger partial charge in [0.1, 0.15) is 0 Å². The van der Waals surface area contributed by atoms with Crippen molar-refractivity contribution in [1.29, 1.82) is 0 Å². The first kappa shape index (κ1) is 11.7. The molecule has 0 bridgehead atoms. The highest BCUT2D eigenvalue weighted by Gasteiger charge is 2.12. The monoisotopic (exact) mass is 250 g/mol. The lowest BCUT2D eigenvalue weighted by Crippen LogP contribution is -2.02. The Morgan fingerprint density at radius 2 is 1.68 bits per heavy atom. The summed E-state index contributed by atoms with van der Waals surface area (Å²) in [5, 5.41) is 4.25. The first-order valence-corrected chi connectivity index (χ1v) is 6.21. The minimum absolute atomic E-state index is 0.293. The van der Waals surface area contributed by atoms with E-state index in [9.17, 15) is 4.79 Å². The number of rotatable bonds is 1. The van der Waals surface area contributed by atoms with Crippen molar-refractivity contribution in [2.24, 2.45) is 0 Å². The molecule has 2 nitrogen and oxygen atoms in total. The van der Waals surface area contributed by atoms with Crippen LogP contribution in [-0.2, 0) is 4.74 Å². The van der Waals surface area contributed by atoms with E-state index in [1.807, 2.05) is 36.4 Å². The zero-order chi connectivity index (χ0) is 13.4. The molecule has 19 heavy (non-hydrogen) atoms. The van der Waals surface area contributed by atoms with Gasteiger partial charge in [-0.2, -0.15) is 0 Å². The van der Waals surface area contributed by atoms with Gasteiger partial charge in [0.05, 0.1) is 12.7 Å². The molecule has 0 amide bonds. The maximum atomic E-state index is 11.9. The molecular formula is C17H14O2. The quantitative estimate of drug-likeness (QED) is 0.480. The molecule has 0 aliphatic carbocycles. The molecular weight excluding hydrogens is 236 g/mol. The zero-order valence-electron chi connectivity index (χ0n) is 10.9. The predicted octanol–water partition coefficient (Wildman–Crippen LogP) is 4.09. The van der Waals surface area contributed by atoms with Crippen molar-refractivity contribution in [2.45, 2.75) is 6.92 Å². The van der Waals surface area contributed by atoms with Gasteiger partial charge >= 0.3 is 5.97 Å². The van der Waals surface area contributed by atoms with Crippen LogP contribution in [0.2, 0.25) is 0 Å². The van der Waals surface area contributed by atoms with Crippen molar-refractivity contribution in [1.82, 2.24) is 0 Å². The molecule has 0 aromatic heterocycles. The highest BCUT2D eigenvalue weighted by Crippen LogP contribution is 2.29. The third-order valence-corrected chi connectivity index (χ3v) is 3.42. The molecule has 0 atom stereocenters. The summed E-state index contributed by atoms with van der Waals surface area (Å²) in [6, 6.07) is 16.1. The fraction of sp³-hybridized carbons (Fsp3) is 0.118. The number of hydrogen-bond donors (Lipinski definition) is 0. The number of methoxy groups -OCH3 is 1. The molecule has 3 aromatic rings. The smallest absolute Gasteiger partial charge is 0.338 e. The minimum atomic E-state index is -0.293. The summed E-state index contributed by atoms with van der Waals surface area (Å²) in [6.07, 6.45) is 0. The summed E-state index contributed by atoms with van der Waals surface area (Å²) in [6.45, 7) is 2.07. The van der Waals surface area contributed by atoms with E-state index in [2.05, 4.69) is 19.1 Å². The molecule has 0 unspecified atom stereocenters. The third kappa shape index (κ3) is 1.85. The molecule has 0 spiro atoms. The number of fused-ring (bicyclic) bond motifs is 3. The minimum Gasteiger partial charge on any atom is -0.465 e. The van der Waals surface area contributed by atoms with Gasteiger partial charge < -0.3 is 4.74 Å². The number of ether oxygens (including phenoxy) is 1. The Labute approximate surface area is 111 Å². The summed E-state index contributed by atoms with van der Waals surface area (Å²) in [7, 11) is 1.41. The highest BCUT2D eigenvalue weighted by molar-refractivity contribution is 6.16. The topological polar surface area (TPSA) is 26.3 Å². The van der Waals surface area contributed by atoms with Crippen LogP contribution in [0.25, 0.3) is 21.5 Å². The summed E-state index contributed by atoms with van der Waals surface area (Å²) in [5.74, 6) is -0.293. The average Bonchev–Trinajstić information content (AvgIpc) is 2.46. The van der Waals surface area contributed by atoms with Gasteiger partial charge in [0, 0.05) is 0 Å².